The number of pyridine rings is 1. The molecule has 0 amide bonds. The van der Waals surface area contributed by atoms with E-state index < -0.39 is 0 Å². The first-order chi connectivity index (χ1) is 8.77. The van der Waals surface area contributed by atoms with E-state index in [4.69, 9.17) is 10.5 Å². The lowest BCUT2D eigenvalue weighted by molar-refractivity contribution is 0.112. The van der Waals surface area contributed by atoms with Gasteiger partial charge in [0.05, 0.1) is 6.61 Å². The molecular formula is C14H25N3O. The van der Waals surface area contributed by atoms with Gasteiger partial charge in [-0.1, -0.05) is 19.9 Å². The van der Waals surface area contributed by atoms with Crippen molar-refractivity contribution >= 4 is 5.82 Å². The molecule has 1 heterocycles. The molecule has 0 saturated carbocycles. The Morgan fingerprint density at radius 1 is 1.39 bits per heavy atom. The maximum absolute atomic E-state index is 5.87. The van der Waals surface area contributed by atoms with Crippen molar-refractivity contribution in [3.63, 3.8) is 0 Å². The average molecular weight is 251 g/mol. The molecule has 0 aliphatic heterocycles. The van der Waals surface area contributed by atoms with Crippen LogP contribution in [0.1, 0.15) is 32.3 Å². The van der Waals surface area contributed by atoms with Crippen LogP contribution in [-0.4, -0.2) is 30.8 Å². The number of nitrogen functional groups attached to an aromatic ring is 1. The van der Waals surface area contributed by atoms with E-state index in [1.807, 2.05) is 12.1 Å². The quantitative estimate of drug-likeness (QED) is 0.659. The van der Waals surface area contributed by atoms with E-state index in [9.17, 15) is 0 Å². The molecule has 0 radical (unpaired) electrons. The normalized spacial score (nSPS) is 12.6. The Labute approximate surface area is 110 Å². The third kappa shape index (κ3) is 5.47. The second-order valence-electron chi connectivity index (χ2n) is 4.48. The first-order valence-corrected chi connectivity index (χ1v) is 6.78. The summed E-state index contributed by atoms with van der Waals surface area (Å²) >= 11 is 0. The van der Waals surface area contributed by atoms with Crippen molar-refractivity contribution in [2.75, 3.05) is 25.5 Å². The first-order valence-electron chi connectivity index (χ1n) is 6.78. The van der Waals surface area contributed by atoms with Gasteiger partial charge < -0.3 is 15.8 Å². The summed E-state index contributed by atoms with van der Waals surface area (Å²) in [4.78, 5) is 4.12. The number of nitrogens with two attached hydrogens (primary N) is 1. The SMILES string of the molecule is CCCNC(COCCC)Cc1cccnc1N. The number of ether oxygens (including phenoxy) is 1. The largest absolute Gasteiger partial charge is 0.383 e. The molecule has 0 saturated heterocycles. The van der Waals surface area contributed by atoms with Crippen molar-refractivity contribution in [1.82, 2.24) is 10.3 Å². The van der Waals surface area contributed by atoms with Gasteiger partial charge in [0, 0.05) is 18.8 Å². The fourth-order valence-corrected chi connectivity index (χ4v) is 1.80. The van der Waals surface area contributed by atoms with E-state index in [2.05, 4.69) is 24.1 Å². The van der Waals surface area contributed by atoms with Gasteiger partial charge >= 0.3 is 0 Å². The van der Waals surface area contributed by atoms with E-state index in [1.54, 1.807) is 6.20 Å². The Hall–Kier alpha value is -1.13. The average Bonchev–Trinajstić information content (AvgIpc) is 2.38. The van der Waals surface area contributed by atoms with Gasteiger partial charge in [0.15, 0.2) is 0 Å². The van der Waals surface area contributed by atoms with Crippen molar-refractivity contribution in [2.45, 2.75) is 39.2 Å². The summed E-state index contributed by atoms with van der Waals surface area (Å²) in [5, 5.41) is 3.50. The number of hydrogen-bond acceptors (Lipinski definition) is 4. The lowest BCUT2D eigenvalue weighted by Gasteiger charge is -2.19. The molecule has 1 atom stereocenters. The zero-order valence-corrected chi connectivity index (χ0v) is 11.5. The van der Waals surface area contributed by atoms with Crippen molar-refractivity contribution in [3.05, 3.63) is 23.9 Å². The highest BCUT2D eigenvalue weighted by atomic mass is 16.5. The topological polar surface area (TPSA) is 60.2 Å². The first kappa shape index (κ1) is 14.9. The number of hydrogen-bond donors (Lipinski definition) is 2. The Morgan fingerprint density at radius 3 is 2.89 bits per heavy atom. The molecule has 4 nitrogen and oxygen atoms in total. The summed E-state index contributed by atoms with van der Waals surface area (Å²) in [7, 11) is 0. The highest BCUT2D eigenvalue weighted by Crippen LogP contribution is 2.10. The van der Waals surface area contributed by atoms with E-state index in [1.165, 1.54) is 0 Å². The predicted molar refractivity (Wildman–Crippen MR) is 75.5 cm³/mol. The molecule has 0 aliphatic carbocycles. The standard InChI is InChI=1S/C14H25N3O/c1-3-7-16-13(11-18-9-4-2)10-12-6-5-8-17-14(12)15/h5-6,8,13,16H,3-4,7,9-11H2,1-2H3,(H2,15,17). The van der Waals surface area contributed by atoms with Gasteiger partial charge in [0.2, 0.25) is 0 Å². The van der Waals surface area contributed by atoms with Crippen LogP contribution in [0, 0.1) is 0 Å². The van der Waals surface area contributed by atoms with Crippen LogP contribution >= 0.6 is 0 Å². The smallest absolute Gasteiger partial charge is 0.126 e. The molecule has 3 N–H and O–H groups in total. The highest BCUT2D eigenvalue weighted by molar-refractivity contribution is 5.38. The number of aromatic nitrogens is 1. The number of nitrogens with zero attached hydrogens (tertiary/aromatic N) is 1. The summed E-state index contributed by atoms with van der Waals surface area (Å²) < 4.78 is 5.63. The van der Waals surface area contributed by atoms with Gasteiger partial charge in [0.25, 0.3) is 0 Å². The lowest BCUT2D eigenvalue weighted by Crippen LogP contribution is -2.36. The van der Waals surface area contributed by atoms with Gasteiger partial charge in [-0.2, -0.15) is 0 Å². The minimum absolute atomic E-state index is 0.308. The van der Waals surface area contributed by atoms with Crippen LogP contribution in [-0.2, 0) is 11.2 Å². The molecule has 1 aromatic rings. The predicted octanol–water partition coefficient (Wildman–Crippen LogP) is 2.00. The highest BCUT2D eigenvalue weighted by Gasteiger charge is 2.11. The maximum Gasteiger partial charge on any atom is 0.126 e. The van der Waals surface area contributed by atoms with Gasteiger partial charge in [-0.25, -0.2) is 4.98 Å². The van der Waals surface area contributed by atoms with Gasteiger partial charge in [-0.05, 0) is 37.4 Å². The summed E-state index contributed by atoms with van der Waals surface area (Å²) in [5.74, 6) is 0.622. The Morgan fingerprint density at radius 2 is 2.22 bits per heavy atom. The Bertz CT molecular complexity index is 331. The van der Waals surface area contributed by atoms with E-state index in [-0.39, 0.29) is 0 Å². The van der Waals surface area contributed by atoms with Crippen LogP contribution in [0.25, 0.3) is 0 Å². The van der Waals surface area contributed by atoms with Crippen molar-refractivity contribution in [1.29, 1.82) is 0 Å². The third-order valence-corrected chi connectivity index (χ3v) is 2.74. The van der Waals surface area contributed by atoms with E-state index in [0.29, 0.717) is 11.9 Å². The fourth-order valence-electron chi connectivity index (χ4n) is 1.80. The zero-order chi connectivity index (χ0) is 13.2. The Kier molecular flexibility index (Phi) is 7.37. The monoisotopic (exact) mass is 251 g/mol. The molecule has 0 fully saturated rings. The van der Waals surface area contributed by atoms with Gasteiger partial charge in [-0.3, -0.25) is 0 Å². The van der Waals surface area contributed by atoms with Crippen LogP contribution in [0.15, 0.2) is 18.3 Å². The fraction of sp³-hybridized carbons (Fsp3) is 0.643. The minimum atomic E-state index is 0.308. The molecule has 18 heavy (non-hydrogen) atoms. The number of rotatable bonds is 9. The second-order valence-corrected chi connectivity index (χ2v) is 4.48. The third-order valence-electron chi connectivity index (χ3n) is 2.74. The molecule has 1 unspecified atom stereocenters. The Balaban J connectivity index is 2.51. The molecule has 0 aliphatic rings. The molecule has 0 aromatic carbocycles. The van der Waals surface area contributed by atoms with Crippen LogP contribution in [0.5, 0.6) is 0 Å². The second kappa shape index (κ2) is 8.89. The molecule has 1 rings (SSSR count). The summed E-state index contributed by atoms with van der Waals surface area (Å²) in [5.41, 5.74) is 6.96. The molecule has 4 heteroatoms. The molecule has 1 aromatic heterocycles. The van der Waals surface area contributed by atoms with Crippen LogP contribution in [0.3, 0.4) is 0 Å². The number of anilines is 1. The molecule has 0 bridgehead atoms. The number of nitrogens with one attached hydrogen (secondary N) is 1. The van der Waals surface area contributed by atoms with Crippen molar-refractivity contribution in [3.8, 4) is 0 Å². The molecule has 102 valence electrons. The maximum atomic E-state index is 5.87. The molecule has 0 spiro atoms. The van der Waals surface area contributed by atoms with E-state index in [0.717, 1.165) is 44.6 Å². The van der Waals surface area contributed by atoms with Crippen LogP contribution in [0.2, 0.25) is 0 Å². The van der Waals surface area contributed by atoms with Crippen LogP contribution in [0.4, 0.5) is 5.82 Å². The summed E-state index contributed by atoms with van der Waals surface area (Å²) in [6.45, 7) is 6.82. The van der Waals surface area contributed by atoms with Gasteiger partial charge in [-0.15, -0.1) is 0 Å². The summed E-state index contributed by atoms with van der Waals surface area (Å²) in [6, 6.07) is 4.26. The lowest BCUT2D eigenvalue weighted by atomic mass is 10.1. The van der Waals surface area contributed by atoms with Crippen molar-refractivity contribution in [2.24, 2.45) is 0 Å². The minimum Gasteiger partial charge on any atom is -0.383 e. The van der Waals surface area contributed by atoms with Crippen LogP contribution < -0.4 is 11.1 Å². The van der Waals surface area contributed by atoms with E-state index >= 15 is 0 Å². The summed E-state index contributed by atoms with van der Waals surface area (Å²) in [6.07, 6.45) is 4.76. The molecular weight excluding hydrogens is 226 g/mol. The van der Waals surface area contributed by atoms with Crippen molar-refractivity contribution < 1.29 is 4.74 Å². The zero-order valence-electron chi connectivity index (χ0n) is 11.5. The van der Waals surface area contributed by atoms with Gasteiger partial charge in [0.1, 0.15) is 5.82 Å².